The van der Waals surface area contributed by atoms with Gasteiger partial charge in [-0.15, -0.1) is 0 Å². The normalized spacial score (nSPS) is 19.0. The Bertz CT molecular complexity index is 1290. The third-order valence-electron chi connectivity index (χ3n) is 6.45. The summed E-state index contributed by atoms with van der Waals surface area (Å²) in [6.45, 7) is 3.64. The molecule has 3 atom stereocenters. The van der Waals surface area contributed by atoms with E-state index in [1.54, 1.807) is 31.2 Å². The van der Waals surface area contributed by atoms with E-state index in [0.717, 1.165) is 16.9 Å². The van der Waals surface area contributed by atoms with Crippen LogP contribution in [0.5, 0.6) is 5.75 Å². The third-order valence-corrected chi connectivity index (χ3v) is 7.93. The number of hydrogen-bond acceptors (Lipinski definition) is 5. The van der Waals surface area contributed by atoms with Crippen molar-refractivity contribution < 1.29 is 27.5 Å². The van der Waals surface area contributed by atoms with E-state index in [1.165, 1.54) is 48.5 Å². The van der Waals surface area contributed by atoms with Gasteiger partial charge >= 0.3 is 0 Å². The smallest absolute Gasteiger partial charge is 0.242 e. The predicted molar refractivity (Wildman–Crippen MR) is 132 cm³/mol. The number of carbonyl (C=O) groups excluding carboxylic acids is 2. The fourth-order valence-corrected chi connectivity index (χ4v) is 5.75. The first kappa shape index (κ1) is 25.5. The van der Waals surface area contributed by atoms with Crippen molar-refractivity contribution in [2.24, 2.45) is 0 Å². The van der Waals surface area contributed by atoms with Crippen molar-refractivity contribution in [1.29, 1.82) is 0 Å². The van der Waals surface area contributed by atoms with Gasteiger partial charge in [-0.25, -0.2) is 12.8 Å². The number of halogens is 1. The molecule has 1 aliphatic heterocycles. The Morgan fingerprint density at radius 3 is 1.83 bits per heavy atom. The number of carbonyl (C=O) groups is 2. The number of phenolic OH excluding ortho intramolecular Hbond substituents is 1. The lowest BCUT2D eigenvalue weighted by atomic mass is 9.83. The second-order valence-corrected chi connectivity index (χ2v) is 10.4. The summed E-state index contributed by atoms with van der Waals surface area (Å²) in [5.74, 6) is -3.59. The highest BCUT2D eigenvalue weighted by molar-refractivity contribution is 7.89. The molecule has 0 bridgehead atoms. The average molecular weight is 511 g/mol. The maximum absolute atomic E-state index is 13.7. The molecule has 36 heavy (non-hydrogen) atoms. The van der Waals surface area contributed by atoms with Crippen molar-refractivity contribution in [3.8, 4) is 5.75 Å². The standard InChI is InChI=1S/C27H27FN2O5S/c1-3-17-5-15-22(16-6-17)36(34,35)29-23(4-2)30-26(32)24(18-7-11-20(28)12-8-18)25(27(30)33)19-9-13-21(31)14-10-19/h5-16,23-25,29,31H,3-4H2,1-2H3. The van der Waals surface area contributed by atoms with Gasteiger partial charge in [0, 0.05) is 0 Å². The maximum Gasteiger partial charge on any atom is 0.242 e. The molecule has 188 valence electrons. The number of likely N-dealkylation sites (tertiary alicyclic amines) is 1. The molecule has 0 spiro atoms. The molecule has 2 amide bonds. The van der Waals surface area contributed by atoms with Crippen molar-refractivity contribution in [2.75, 3.05) is 0 Å². The second kappa shape index (κ2) is 10.2. The summed E-state index contributed by atoms with van der Waals surface area (Å²) in [6, 6.07) is 17.6. The molecule has 9 heteroatoms. The molecule has 7 nitrogen and oxygen atoms in total. The molecule has 1 heterocycles. The van der Waals surface area contributed by atoms with Crippen LogP contribution in [0.3, 0.4) is 0 Å². The fraction of sp³-hybridized carbons (Fsp3) is 0.259. The van der Waals surface area contributed by atoms with E-state index >= 15 is 0 Å². The number of amides is 2. The van der Waals surface area contributed by atoms with Crippen molar-refractivity contribution >= 4 is 21.8 Å². The lowest BCUT2D eigenvalue weighted by Crippen LogP contribution is -2.50. The first-order chi connectivity index (χ1) is 17.2. The van der Waals surface area contributed by atoms with Crippen LogP contribution in [0.25, 0.3) is 0 Å². The van der Waals surface area contributed by atoms with Gasteiger partial charge in [-0.2, -0.15) is 4.72 Å². The Morgan fingerprint density at radius 1 is 0.861 bits per heavy atom. The zero-order valence-corrected chi connectivity index (χ0v) is 20.7. The minimum atomic E-state index is -4.04. The molecular weight excluding hydrogens is 483 g/mol. The van der Waals surface area contributed by atoms with E-state index in [0.29, 0.717) is 11.1 Å². The Labute approximate surface area is 209 Å². The van der Waals surface area contributed by atoms with Crippen LogP contribution in [0.2, 0.25) is 0 Å². The summed E-state index contributed by atoms with van der Waals surface area (Å²) in [5.41, 5.74) is 1.89. The van der Waals surface area contributed by atoms with Crippen LogP contribution >= 0.6 is 0 Å². The molecule has 0 saturated carbocycles. The number of benzene rings is 3. The largest absolute Gasteiger partial charge is 0.508 e. The predicted octanol–water partition coefficient (Wildman–Crippen LogP) is 4.04. The van der Waals surface area contributed by atoms with E-state index in [9.17, 15) is 27.5 Å². The van der Waals surface area contributed by atoms with Crippen molar-refractivity contribution in [2.45, 2.75) is 49.6 Å². The van der Waals surface area contributed by atoms with Crippen LogP contribution in [0.1, 0.15) is 48.8 Å². The van der Waals surface area contributed by atoms with Gasteiger partial charge in [-0.1, -0.05) is 50.2 Å². The third kappa shape index (κ3) is 4.89. The fourth-order valence-electron chi connectivity index (χ4n) is 4.49. The van der Waals surface area contributed by atoms with E-state index in [1.807, 2.05) is 6.92 Å². The summed E-state index contributed by atoms with van der Waals surface area (Å²) in [5, 5.41) is 9.70. The molecular formula is C27H27FN2O5S. The zero-order chi connectivity index (χ0) is 26.0. The average Bonchev–Trinajstić information content (AvgIpc) is 3.13. The zero-order valence-electron chi connectivity index (χ0n) is 19.9. The molecule has 2 N–H and O–H groups in total. The van der Waals surface area contributed by atoms with Crippen LogP contribution in [0, 0.1) is 5.82 Å². The molecule has 4 rings (SSSR count). The SMILES string of the molecule is CCc1ccc(S(=O)(=O)NC(CC)N2C(=O)C(c3ccc(O)cc3)C(c3ccc(F)cc3)C2=O)cc1. The van der Waals surface area contributed by atoms with Crippen LogP contribution < -0.4 is 4.72 Å². The number of aryl methyl sites for hydroxylation is 1. The highest BCUT2D eigenvalue weighted by Crippen LogP contribution is 2.43. The molecule has 1 fully saturated rings. The van der Waals surface area contributed by atoms with E-state index in [-0.39, 0.29) is 17.1 Å². The quantitative estimate of drug-likeness (QED) is 0.445. The number of nitrogens with zero attached hydrogens (tertiary/aromatic N) is 1. The second-order valence-electron chi connectivity index (χ2n) is 8.69. The molecule has 3 aromatic carbocycles. The summed E-state index contributed by atoms with van der Waals surface area (Å²) in [7, 11) is -4.04. The molecule has 0 aromatic heterocycles. The highest BCUT2D eigenvalue weighted by Gasteiger charge is 2.51. The molecule has 0 aliphatic carbocycles. The number of phenols is 1. The van der Waals surface area contributed by atoms with E-state index in [4.69, 9.17) is 0 Å². The topological polar surface area (TPSA) is 104 Å². The van der Waals surface area contributed by atoms with Crippen molar-refractivity contribution in [3.63, 3.8) is 0 Å². The van der Waals surface area contributed by atoms with Gasteiger partial charge in [-0.3, -0.25) is 14.5 Å². The molecule has 1 saturated heterocycles. The summed E-state index contributed by atoms with van der Waals surface area (Å²) >= 11 is 0. The summed E-state index contributed by atoms with van der Waals surface area (Å²) < 4.78 is 42.4. The monoisotopic (exact) mass is 510 g/mol. The molecule has 1 aliphatic rings. The lowest BCUT2D eigenvalue weighted by molar-refractivity contribution is -0.142. The van der Waals surface area contributed by atoms with Crippen molar-refractivity contribution in [1.82, 2.24) is 9.62 Å². The van der Waals surface area contributed by atoms with Gasteiger partial charge in [0.25, 0.3) is 0 Å². The molecule has 0 radical (unpaired) electrons. The molecule has 3 aromatic rings. The summed E-state index contributed by atoms with van der Waals surface area (Å²) in [6.07, 6.45) is -0.223. The minimum Gasteiger partial charge on any atom is -0.508 e. The minimum absolute atomic E-state index is 0.000929. The summed E-state index contributed by atoms with van der Waals surface area (Å²) in [4.78, 5) is 28.4. The number of rotatable bonds is 8. The molecule has 3 unspecified atom stereocenters. The first-order valence-electron chi connectivity index (χ1n) is 11.7. The number of imide groups is 1. The lowest BCUT2D eigenvalue weighted by Gasteiger charge is -2.26. The van der Waals surface area contributed by atoms with E-state index < -0.39 is 45.7 Å². The number of aromatic hydroxyl groups is 1. The number of hydrogen-bond donors (Lipinski definition) is 2. The van der Waals surface area contributed by atoms with Gasteiger partial charge in [0.15, 0.2) is 0 Å². The van der Waals surface area contributed by atoms with Crippen LogP contribution in [-0.4, -0.2) is 36.4 Å². The van der Waals surface area contributed by atoms with Gasteiger partial charge in [0.1, 0.15) is 17.7 Å². The van der Waals surface area contributed by atoms with Gasteiger partial charge in [-0.05, 0) is 65.9 Å². The van der Waals surface area contributed by atoms with E-state index in [2.05, 4.69) is 4.72 Å². The van der Waals surface area contributed by atoms with Gasteiger partial charge in [0.2, 0.25) is 21.8 Å². The maximum atomic E-state index is 13.7. The van der Waals surface area contributed by atoms with Crippen LogP contribution in [-0.2, 0) is 26.0 Å². The van der Waals surface area contributed by atoms with Crippen LogP contribution in [0.15, 0.2) is 77.7 Å². The Hall–Kier alpha value is -3.56. The van der Waals surface area contributed by atoms with Gasteiger partial charge in [0.05, 0.1) is 16.7 Å². The Balaban J connectivity index is 1.72. The Morgan fingerprint density at radius 2 is 1.36 bits per heavy atom. The Kier molecular flexibility index (Phi) is 7.23. The highest BCUT2D eigenvalue weighted by atomic mass is 32.2. The van der Waals surface area contributed by atoms with Gasteiger partial charge < -0.3 is 5.11 Å². The number of nitrogens with one attached hydrogen (secondary N) is 1. The van der Waals surface area contributed by atoms with Crippen molar-refractivity contribution in [3.05, 3.63) is 95.3 Å². The number of sulfonamides is 1. The first-order valence-corrected chi connectivity index (χ1v) is 13.2. The van der Waals surface area contributed by atoms with Crippen LogP contribution in [0.4, 0.5) is 4.39 Å².